The highest BCUT2D eigenvalue weighted by Crippen LogP contribution is 2.32. The lowest BCUT2D eigenvalue weighted by Crippen LogP contribution is -2.14. The van der Waals surface area contributed by atoms with Crippen molar-refractivity contribution in [2.75, 3.05) is 32.7 Å². The third-order valence-electron chi connectivity index (χ3n) is 5.12. The Balaban J connectivity index is 1.62. The molecule has 13 heteroatoms. The predicted octanol–water partition coefficient (Wildman–Crippen LogP) is 4.34. The first-order valence-electron chi connectivity index (χ1n) is 11.7. The zero-order valence-electron chi connectivity index (χ0n) is 20.9. The van der Waals surface area contributed by atoms with Gasteiger partial charge in [-0.05, 0) is 35.3 Å². The summed E-state index contributed by atoms with van der Waals surface area (Å²) in [6.45, 7) is 2.54. The summed E-state index contributed by atoms with van der Waals surface area (Å²) in [5.74, 6) is 0.592. The number of fused-ring (bicyclic) bond motifs is 1. The van der Waals surface area contributed by atoms with Gasteiger partial charge in [0, 0.05) is 12.7 Å². The maximum Gasteiger partial charge on any atom is 0.560 e. The van der Waals surface area contributed by atoms with E-state index in [4.69, 9.17) is 29.2 Å². The molecule has 0 amide bonds. The molecule has 2 N–H and O–H groups in total. The van der Waals surface area contributed by atoms with Crippen LogP contribution in [0.5, 0.6) is 17.8 Å². The molecule has 4 aromatic rings. The predicted molar refractivity (Wildman–Crippen MR) is 139 cm³/mol. The summed E-state index contributed by atoms with van der Waals surface area (Å²) in [6.07, 6.45) is -0.711. The molecule has 1 atom stereocenters. The molecule has 2 aromatic heterocycles. The zero-order valence-corrected chi connectivity index (χ0v) is 21.8. The molecule has 198 valence electrons. The number of nitrogen functional groups attached to an aromatic ring is 1. The second kappa shape index (κ2) is 12.8. The maximum absolute atomic E-state index is 12.6. The number of carbonyl (C=O) groups is 1. The Kier molecular flexibility index (Phi) is 9.02. The number of hydrogen-bond donors (Lipinski definition) is 1. The van der Waals surface area contributed by atoms with Crippen LogP contribution in [0, 0.1) is 0 Å². The van der Waals surface area contributed by atoms with Crippen LogP contribution in [0.15, 0.2) is 54.6 Å². The van der Waals surface area contributed by atoms with Gasteiger partial charge in [0.15, 0.2) is 22.7 Å². The number of aromatic nitrogens is 4. The van der Waals surface area contributed by atoms with Crippen molar-refractivity contribution >= 4 is 31.2 Å². The molecule has 0 radical (unpaired) electrons. The third-order valence-corrected chi connectivity index (χ3v) is 6.15. The molecule has 12 nitrogen and oxygen atoms in total. The molecule has 0 aliphatic heterocycles. The fraction of sp³-hybridized carbons (Fsp3) is 0.280. The summed E-state index contributed by atoms with van der Waals surface area (Å²) in [7, 11) is -0.432. The molecule has 0 bridgehead atoms. The number of hydrogen-bond acceptors (Lipinski definition) is 11. The van der Waals surface area contributed by atoms with Crippen molar-refractivity contribution in [3.8, 4) is 17.8 Å². The number of carbonyl (C=O) groups excluding carboxylic acids is 1. The van der Waals surface area contributed by atoms with Crippen molar-refractivity contribution in [2.24, 2.45) is 0 Å². The van der Waals surface area contributed by atoms with Crippen LogP contribution in [-0.4, -0.2) is 52.6 Å². The first-order valence-corrected chi connectivity index (χ1v) is 13.1. The van der Waals surface area contributed by atoms with Crippen LogP contribution in [0.2, 0.25) is 0 Å². The molecule has 1 unspecified atom stereocenters. The first kappa shape index (κ1) is 26.8. The Bertz CT molecular complexity index is 1410. The van der Waals surface area contributed by atoms with Gasteiger partial charge >= 0.3 is 26.2 Å². The standard InChI is InChI=1S/C25H27N5O7P/c1-3-34-25(31)36-24-27-20-21(26)28-23(35-13-12-33-2)29-22(20)30(24)15-17-8-7-9-18(14-17)16-38(32)37-19-10-5-4-6-11-19/h4-11,14H,3,12-13,15-16H2,1-2H3,(H2,26,28,29)/q+1. The summed E-state index contributed by atoms with van der Waals surface area (Å²) < 4.78 is 40.5. The van der Waals surface area contributed by atoms with E-state index in [9.17, 15) is 9.36 Å². The van der Waals surface area contributed by atoms with Gasteiger partial charge in [-0.1, -0.05) is 36.4 Å². The van der Waals surface area contributed by atoms with E-state index in [1.807, 2.05) is 42.5 Å². The number of methoxy groups -OCH3 is 1. The van der Waals surface area contributed by atoms with E-state index in [-0.39, 0.29) is 49.3 Å². The van der Waals surface area contributed by atoms with E-state index < -0.39 is 14.2 Å². The van der Waals surface area contributed by atoms with Gasteiger partial charge in [-0.3, -0.25) is 9.09 Å². The van der Waals surface area contributed by atoms with E-state index >= 15 is 0 Å². The molecule has 2 heterocycles. The van der Waals surface area contributed by atoms with Gasteiger partial charge in [0.2, 0.25) is 6.16 Å². The molecule has 0 aliphatic carbocycles. The van der Waals surface area contributed by atoms with E-state index in [0.29, 0.717) is 18.0 Å². The van der Waals surface area contributed by atoms with Crippen molar-refractivity contribution in [3.63, 3.8) is 0 Å². The number of imidazole rings is 1. The second-order valence-electron chi connectivity index (χ2n) is 7.89. The fourth-order valence-corrected chi connectivity index (χ4v) is 4.41. The molecule has 4 rings (SSSR count). The molecule has 2 aromatic carbocycles. The van der Waals surface area contributed by atoms with Gasteiger partial charge < -0.3 is 24.7 Å². The molecule has 0 saturated carbocycles. The Morgan fingerprint density at radius 2 is 1.82 bits per heavy atom. The lowest BCUT2D eigenvalue weighted by Gasteiger charge is -2.10. The van der Waals surface area contributed by atoms with E-state index in [1.165, 1.54) is 0 Å². The summed E-state index contributed by atoms with van der Waals surface area (Å²) in [5.41, 5.74) is 8.25. The zero-order chi connectivity index (χ0) is 26.9. The van der Waals surface area contributed by atoms with Crippen molar-refractivity contribution in [1.29, 1.82) is 0 Å². The SMILES string of the molecule is CCOC(=O)Oc1nc2c(N)nc(OCCOC)nc2n1Cc1cccc(C[P+](=O)Oc2ccccc2)c1. The van der Waals surface area contributed by atoms with Gasteiger partial charge in [0.05, 0.1) is 19.8 Å². The van der Waals surface area contributed by atoms with Gasteiger partial charge in [-0.15, -0.1) is 0 Å². The van der Waals surface area contributed by atoms with Crippen LogP contribution in [0.3, 0.4) is 0 Å². The number of ether oxygens (including phenoxy) is 4. The smallest absolute Gasteiger partial charge is 0.461 e. The summed E-state index contributed by atoms with van der Waals surface area (Å²) >= 11 is 0. The number of rotatable bonds is 12. The Labute approximate surface area is 219 Å². The normalized spacial score (nSPS) is 11.3. The molecule has 0 fully saturated rings. The lowest BCUT2D eigenvalue weighted by molar-refractivity contribution is 0.0995. The number of para-hydroxylation sites is 1. The van der Waals surface area contributed by atoms with Gasteiger partial charge in [0.1, 0.15) is 6.61 Å². The van der Waals surface area contributed by atoms with Crippen LogP contribution in [0.1, 0.15) is 18.1 Å². The lowest BCUT2D eigenvalue weighted by atomic mass is 10.1. The molecular weight excluding hydrogens is 513 g/mol. The maximum atomic E-state index is 12.6. The number of nitrogens with two attached hydrogens (primary N) is 1. The molecule has 0 saturated heterocycles. The van der Waals surface area contributed by atoms with Crippen LogP contribution in [-0.2, 0) is 26.7 Å². The molecule has 0 aliphatic rings. The van der Waals surface area contributed by atoms with Crippen LogP contribution >= 0.6 is 8.03 Å². The number of benzene rings is 2. The molecule has 0 spiro atoms. The average Bonchev–Trinajstić information content (AvgIpc) is 3.22. The number of anilines is 1. The summed E-state index contributed by atoms with van der Waals surface area (Å²) in [6, 6.07) is 16.4. The second-order valence-corrected chi connectivity index (χ2v) is 9.05. The van der Waals surface area contributed by atoms with Crippen LogP contribution in [0.4, 0.5) is 10.6 Å². The van der Waals surface area contributed by atoms with Gasteiger partial charge in [-0.2, -0.15) is 15.0 Å². The highest BCUT2D eigenvalue weighted by atomic mass is 31.1. The highest BCUT2D eigenvalue weighted by molar-refractivity contribution is 7.38. The molecular formula is C25H27N5O7P+. The topological polar surface area (TPSA) is 150 Å². The quantitative estimate of drug-likeness (QED) is 0.155. The minimum absolute atomic E-state index is 0.0275. The Morgan fingerprint density at radius 1 is 1.03 bits per heavy atom. The monoisotopic (exact) mass is 540 g/mol. The largest absolute Gasteiger partial charge is 0.560 e. The minimum Gasteiger partial charge on any atom is -0.461 e. The van der Waals surface area contributed by atoms with Crippen LogP contribution < -0.4 is 19.7 Å². The van der Waals surface area contributed by atoms with Gasteiger partial charge in [-0.25, -0.2) is 4.79 Å². The average molecular weight is 540 g/mol. The summed E-state index contributed by atoms with van der Waals surface area (Å²) in [5, 5.41) is 0. The van der Waals surface area contributed by atoms with Crippen molar-refractivity contribution in [3.05, 3.63) is 65.7 Å². The van der Waals surface area contributed by atoms with Gasteiger partial charge in [0.25, 0.3) is 0 Å². The van der Waals surface area contributed by atoms with E-state index in [1.54, 1.807) is 30.7 Å². The Morgan fingerprint density at radius 3 is 2.58 bits per heavy atom. The van der Waals surface area contributed by atoms with Crippen molar-refractivity contribution < 1.29 is 32.8 Å². The van der Waals surface area contributed by atoms with E-state index in [2.05, 4.69) is 15.0 Å². The first-order chi connectivity index (χ1) is 18.5. The fourth-order valence-electron chi connectivity index (χ4n) is 3.49. The number of nitrogens with zero attached hydrogens (tertiary/aromatic N) is 4. The highest BCUT2D eigenvalue weighted by Gasteiger charge is 2.23. The Hall–Kier alpha value is -4.28. The van der Waals surface area contributed by atoms with Crippen molar-refractivity contribution in [2.45, 2.75) is 19.6 Å². The van der Waals surface area contributed by atoms with Crippen molar-refractivity contribution in [1.82, 2.24) is 19.5 Å². The summed E-state index contributed by atoms with van der Waals surface area (Å²) in [4.78, 5) is 25.0. The molecule has 38 heavy (non-hydrogen) atoms. The van der Waals surface area contributed by atoms with E-state index in [0.717, 1.165) is 11.1 Å². The minimum atomic E-state index is -1.98. The third kappa shape index (κ3) is 6.93. The van der Waals surface area contributed by atoms with Crippen LogP contribution in [0.25, 0.3) is 11.2 Å².